The van der Waals surface area contributed by atoms with Gasteiger partial charge in [0, 0.05) is 25.7 Å². The van der Waals surface area contributed by atoms with Crippen LogP contribution in [0.5, 0.6) is 0 Å². The van der Waals surface area contributed by atoms with Crippen molar-refractivity contribution in [1.82, 2.24) is 14.9 Å². The Bertz CT molecular complexity index is 434. The van der Waals surface area contributed by atoms with Gasteiger partial charge < -0.3 is 10.2 Å². The van der Waals surface area contributed by atoms with E-state index in [-0.39, 0.29) is 24.4 Å². The minimum absolute atomic E-state index is 0. The van der Waals surface area contributed by atoms with E-state index in [1.165, 1.54) is 0 Å². The number of sulfonamides is 1. The molecule has 2 atom stereocenters. The fraction of sp³-hybridized carbons (Fsp3) is 0.917. The third-order valence-corrected chi connectivity index (χ3v) is 3.79. The van der Waals surface area contributed by atoms with Crippen molar-refractivity contribution >= 4 is 28.3 Å². The molecule has 6 nitrogen and oxygen atoms in total. The molecule has 1 saturated heterocycles. The van der Waals surface area contributed by atoms with Crippen LogP contribution >= 0.6 is 12.4 Å². The first-order valence-corrected chi connectivity index (χ1v) is 8.39. The Labute approximate surface area is 128 Å². The minimum atomic E-state index is -3.42. The van der Waals surface area contributed by atoms with Crippen molar-refractivity contribution in [3.63, 3.8) is 0 Å². The maximum atomic E-state index is 12.5. The van der Waals surface area contributed by atoms with Gasteiger partial charge in [0.25, 0.3) is 0 Å². The second kappa shape index (κ2) is 7.06. The Hall–Kier alpha value is -0.370. The maximum Gasteiger partial charge on any atom is 0.241 e. The number of carbonyl (C=O) groups excluding carboxylic acids is 1. The van der Waals surface area contributed by atoms with Crippen LogP contribution in [0, 0.1) is 5.41 Å². The Morgan fingerprint density at radius 2 is 1.95 bits per heavy atom. The van der Waals surface area contributed by atoms with E-state index in [1.54, 1.807) is 4.90 Å². The summed E-state index contributed by atoms with van der Waals surface area (Å²) in [6.07, 6.45) is 1.08. The number of nitrogens with one attached hydrogen (secondary N) is 2. The molecule has 0 spiro atoms. The van der Waals surface area contributed by atoms with Crippen LogP contribution in [0.2, 0.25) is 0 Å². The predicted molar refractivity (Wildman–Crippen MR) is 82.5 cm³/mol. The van der Waals surface area contributed by atoms with Crippen molar-refractivity contribution in [3.05, 3.63) is 0 Å². The van der Waals surface area contributed by atoms with Gasteiger partial charge in [-0.25, -0.2) is 13.1 Å². The fourth-order valence-electron chi connectivity index (χ4n) is 2.13. The molecule has 120 valence electrons. The first-order valence-electron chi connectivity index (χ1n) is 6.50. The molecule has 1 aliphatic heterocycles. The highest BCUT2D eigenvalue weighted by atomic mass is 35.5. The molecular weight excluding hydrogens is 302 g/mol. The number of carbonyl (C=O) groups is 1. The van der Waals surface area contributed by atoms with Crippen LogP contribution < -0.4 is 10.0 Å². The van der Waals surface area contributed by atoms with Crippen molar-refractivity contribution in [2.75, 3.05) is 25.9 Å². The molecule has 1 amide bonds. The molecule has 0 aromatic heterocycles. The molecule has 1 rings (SSSR count). The summed E-state index contributed by atoms with van der Waals surface area (Å²) >= 11 is 0. The molecule has 0 radical (unpaired) electrons. The van der Waals surface area contributed by atoms with Crippen LogP contribution in [0.3, 0.4) is 0 Å². The summed E-state index contributed by atoms with van der Waals surface area (Å²) in [7, 11) is -3.42. The average Bonchev–Trinajstić information content (AvgIpc) is 2.22. The van der Waals surface area contributed by atoms with E-state index in [0.717, 1.165) is 12.8 Å². The average molecular weight is 328 g/mol. The lowest BCUT2D eigenvalue weighted by Gasteiger charge is -2.38. The van der Waals surface area contributed by atoms with Gasteiger partial charge in [-0.2, -0.15) is 0 Å². The van der Waals surface area contributed by atoms with E-state index in [9.17, 15) is 13.2 Å². The topological polar surface area (TPSA) is 78.5 Å². The van der Waals surface area contributed by atoms with Gasteiger partial charge in [-0.15, -0.1) is 12.4 Å². The van der Waals surface area contributed by atoms with Crippen LogP contribution in [0.4, 0.5) is 0 Å². The molecule has 1 unspecified atom stereocenters. The van der Waals surface area contributed by atoms with Crippen molar-refractivity contribution < 1.29 is 13.2 Å². The van der Waals surface area contributed by atoms with E-state index in [4.69, 9.17) is 0 Å². The summed E-state index contributed by atoms with van der Waals surface area (Å²) in [6.45, 7) is 9.55. The summed E-state index contributed by atoms with van der Waals surface area (Å²) in [4.78, 5) is 14.3. The largest absolute Gasteiger partial charge is 0.338 e. The van der Waals surface area contributed by atoms with Gasteiger partial charge in [0.05, 0.1) is 6.26 Å². The summed E-state index contributed by atoms with van der Waals surface area (Å²) in [5.74, 6) is -0.147. The zero-order chi connectivity index (χ0) is 14.8. The lowest BCUT2D eigenvalue weighted by atomic mass is 9.86. The number of amides is 1. The number of nitrogens with zero attached hydrogens (tertiary/aromatic N) is 1. The molecule has 0 bridgehead atoms. The predicted octanol–water partition coefficient (Wildman–Crippen LogP) is 0.192. The first-order chi connectivity index (χ1) is 8.50. The Kier molecular flexibility index (Phi) is 6.93. The van der Waals surface area contributed by atoms with Gasteiger partial charge in [-0.3, -0.25) is 4.79 Å². The van der Waals surface area contributed by atoms with Crippen molar-refractivity contribution in [3.8, 4) is 0 Å². The Morgan fingerprint density at radius 1 is 1.40 bits per heavy atom. The van der Waals surface area contributed by atoms with Gasteiger partial charge in [-0.1, -0.05) is 20.8 Å². The highest BCUT2D eigenvalue weighted by Crippen LogP contribution is 2.22. The zero-order valence-electron chi connectivity index (χ0n) is 12.8. The molecule has 0 aromatic rings. The second-order valence-corrected chi connectivity index (χ2v) is 8.11. The lowest BCUT2D eigenvalue weighted by Crippen LogP contribution is -2.59. The van der Waals surface area contributed by atoms with Crippen LogP contribution in [-0.2, 0) is 14.8 Å². The van der Waals surface area contributed by atoms with Crippen LogP contribution in [-0.4, -0.2) is 57.2 Å². The highest BCUT2D eigenvalue weighted by Gasteiger charge is 2.37. The highest BCUT2D eigenvalue weighted by molar-refractivity contribution is 7.88. The molecule has 0 saturated carbocycles. The molecular formula is C12H26ClN3O3S. The number of hydrogen-bond donors (Lipinski definition) is 2. The van der Waals surface area contributed by atoms with Gasteiger partial charge in [0.15, 0.2) is 0 Å². The Balaban J connectivity index is 0.00000361. The third kappa shape index (κ3) is 5.95. The summed E-state index contributed by atoms with van der Waals surface area (Å²) in [5, 5.41) is 3.26. The standard InChI is InChI=1S/C12H25N3O3S.ClH/c1-9-8-15(7-6-13-9)11(16)10(12(2,3)4)14-19(5,17)18;/h9-10,13-14H,6-8H2,1-5H3;1H/t9-,10?;/m1./s1. The number of hydrogen-bond acceptors (Lipinski definition) is 4. The van der Waals surface area contributed by atoms with Crippen LogP contribution in [0.15, 0.2) is 0 Å². The molecule has 0 aromatic carbocycles. The number of rotatable bonds is 3. The second-order valence-electron chi connectivity index (χ2n) is 6.33. The van der Waals surface area contributed by atoms with Crippen molar-refractivity contribution in [1.29, 1.82) is 0 Å². The van der Waals surface area contributed by atoms with Gasteiger partial charge >= 0.3 is 0 Å². The maximum absolute atomic E-state index is 12.5. The minimum Gasteiger partial charge on any atom is -0.338 e. The van der Waals surface area contributed by atoms with Crippen molar-refractivity contribution in [2.45, 2.75) is 39.8 Å². The van der Waals surface area contributed by atoms with Crippen LogP contribution in [0.25, 0.3) is 0 Å². The number of halogens is 1. The summed E-state index contributed by atoms with van der Waals surface area (Å²) in [5.41, 5.74) is -0.464. The summed E-state index contributed by atoms with van der Waals surface area (Å²) in [6, 6.07) is -0.496. The lowest BCUT2D eigenvalue weighted by molar-refractivity contribution is -0.136. The first kappa shape index (κ1) is 19.6. The van der Waals surface area contributed by atoms with Gasteiger partial charge in [0.1, 0.15) is 6.04 Å². The third-order valence-electron chi connectivity index (χ3n) is 3.13. The van der Waals surface area contributed by atoms with E-state index in [1.807, 2.05) is 27.7 Å². The zero-order valence-corrected chi connectivity index (χ0v) is 14.4. The molecule has 1 aliphatic rings. The number of piperazine rings is 1. The fourth-order valence-corrected chi connectivity index (χ4v) is 3.01. The monoisotopic (exact) mass is 327 g/mol. The molecule has 1 heterocycles. The summed E-state index contributed by atoms with van der Waals surface area (Å²) < 4.78 is 25.4. The normalized spacial score (nSPS) is 22.1. The van der Waals surface area contributed by atoms with E-state index < -0.39 is 21.5 Å². The molecule has 8 heteroatoms. The molecule has 0 aliphatic carbocycles. The van der Waals surface area contributed by atoms with E-state index >= 15 is 0 Å². The quantitative estimate of drug-likeness (QED) is 0.776. The smallest absolute Gasteiger partial charge is 0.241 e. The van der Waals surface area contributed by atoms with E-state index in [2.05, 4.69) is 10.0 Å². The van der Waals surface area contributed by atoms with E-state index in [0.29, 0.717) is 13.1 Å². The molecule has 20 heavy (non-hydrogen) atoms. The van der Waals surface area contributed by atoms with Gasteiger partial charge in [0.2, 0.25) is 15.9 Å². The SMILES string of the molecule is C[C@@H]1CN(C(=O)C(NS(C)(=O)=O)C(C)(C)C)CCN1.Cl. The molecule has 1 fully saturated rings. The molecule has 2 N–H and O–H groups in total. The Morgan fingerprint density at radius 3 is 2.35 bits per heavy atom. The van der Waals surface area contributed by atoms with Crippen molar-refractivity contribution in [2.24, 2.45) is 5.41 Å². The van der Waals surface area contributed by atoms with Crippen LogP contribution in [0.1, 0.15) is 27.7 Å². The van der Waals surface area contributed by atoms with Gasteiger partial charge in [-0.05, 0) is 12.3 Å².